The van der Waals surface area contributed by atoms with Gasteiger partial charge in [-0.2, -0.15) is 0 Å². The van der Waals surface area contributed by atoms with Gasteiger partial charge in [-0.05, 0) is 0 Å². The Morgan fingerprint density at radius 3 is 1.75 bits per heavy atom. The van der Waals surface area contributed by atoms with Crippen LogP contribution in [0.5, 0.6) is 0 Å². The second kappa shape index (κ2) is 11.8. The summed E-state index contributed by atoms with van der Waals surface area (Å²) < 4.78 is 0. The Morgan fingerprint density at radius 2 is 1.75 bits per heavy atom. The summed E-state index contributed by atoms with van der Waals surface area (Å²) in [5, 5.41) is 8.38. The number of rotatable bonds is 0. The van der Waals surface area contributed by atoms with Gasteiger partial charge in [-0.1, -0.05) is 0 Å². The topological polar surface area (TPSA) is 54.1 Å². The van der Waals surface area contributed by atoms with Gasteiger partial charge in [0.25, 0.3) is 0 Å². The SMILES string of the molecule is O=[NH+][O-].[Zn]. The van der Waals surface area contributed by atoms with Gasteiger partial charge in [-0.3, -0.25) is 10.1 Å². The van der Waals surface area contributed by atoms with Crippen molar-refractivity contribution in [3.63, 3.8) is 0 Å². The van der Waals surface area contributed by atoms with E-state index in [0.29, 0.717) is 0 Å². The molecule has 0 rings (SSSR count). The minimum Gasteiger partial charge on any atom is -0.267 e. The fourth-order valence-corrected chi connectivity index (χ4v) is 0. The predicted octanol–water partition coefficient (Wildman–Crippen LogP) is -1.67. The van der Waals surface area contributed by atoms with E-state index in [4.69, 9.17) is 10.1 Å². The molecule has 0 radical (unpaired) electrons. The second-order valence-electron chi connectivity index (χ2n) is 0.0833. The van der Waals surface area contributed by atoms with E-state index in [-0.39, 0.29) is 24.8 Å². The molecular formula is HNO2Zn. The van der Waals surface area contributed by atoms with Crippen molar-refractivity contribution >= 4 is 0 Å². The van der Waals surface area contributed by atoms with Crippen molar-refractivity contribution in [1.29, 1.82) is 0 Å². The summed E-state index contributed by atoms with van der Waals surface area (Å²) in [5.41, 5.74) is 0. The van der Waals surface area contributed by atoms with Crippen LogP contribution in [0.15, 0.2) is 0 Å². The molecule has 0 amide bonds. The first-order chi connectivity index (χ1) is 1.41. The molecule has 0 atom stereocenters. The normalized spacial score (nSPS) is 3.00. The molecule has 0 saturated heterocycles. The Labute approximate surface area is 35.7 Å². The fraction of sp³-hybridized carbons (Fsp3) is 0. The number of hydrogen-bond donors (Lipinski definition) is 1. The molecule has 0 heterocycles. The summed E-state index contributed by atoms with van der Waals surface area (Å²) in [5.74, 6) is 0. The van der Waals surface area contributed by atoms with Crippen molar-refractivity contribution < 1.29 is 24.8 Å². The van der Waals surface area contributed by atoms with Crippen LogP contribution in [0.2, 0.25) is 0 Å². The van der Waals surface area contributed by atoms with Gasteiger partial charge in [0.2, 0.25) is 0 Å². The third-order valence-electron chi connectivity index (χ3n) is 0. The van der Waals surface area contributed by atoms with Crippen molar-refractivity contribution in [2.45, 2.75) is 0 Å². The Bertz CT molecular complexity index is 13.5. The van der Waals surface area contributed by atoms with Crippen LogP contribution in [0.25, 0.3) is 0 Å². The van der Waals surface area contributed by atoms with Crippen LogP contribution in [0.3, 0.4) is 0 Å². The van der Waals surface area contributed by atoms with Crippen LogP contribution in [-0.2, 0) is 19.5 Å². The Kier molecular flexibility index (Phi) is 26.5. The molecule has 0 aromatic carbocycles. The average molecular weight is 112 g/mol. The van der Waals surface area contributed by atoms with E-state index >= 15 is 0 Å². The van der Waals surface area contributed by atoms with E-state index in [2.05, 4.69) is 0 Å². The Morgan fingerprint density at radius 1 is 1.75 bits per heavy atom. The fourth-order valence-electron chi connectivity index (χ4n) is 0. The zero-order valence-electron chi connectivity index (χ0n) is 2.02. The molecule has 0 aliphatic rings. The molecule has 0 aromatic rings. The van der Waals surface area contributed by atoms with E-state index in [0.717, 1.165) is 0 Å². The molecule has 0 aliphatic carbocycles. The molecule has 0 spiro atoms. The van der Waals surface area contributed by atoms with Crippen molar-refractivity contribution in [3.8, 4) is 0 Å². The van der Waals surface area contributed by atoms with Crippen molar-refractivity contribution in [2.24, 2.45) is 0 Å². The molecule has 0 bridgehead atoms. The predicted molar refractivity (Wildman–Crippen MR) is 7.70 cm³/mol. The summed E-state index contributed by atoms with van der Waals surface area (Å²) in [6, 6.07) is 0. The molecule has 0 unspecified atom stereocenters. The molecule has 0 aromatic heterocycles. The standard InChI is InChI=1S/HNO2.Zn/c2-1-3;/h1H;. The largest absolute Gasteiger partial charge is 0.267 e. The third kappa shape index (κ3) is 3880. The van der Waals surface area contributed by atoms with Gasteiger partial charge in [0, 0.05) is 24.8 Å². The first-order valence-corrected chi connectivity index (χ1v) is 0.408. The van der Waals surface area contributed by atoms with Crippen LogP contribution in [0, 0.1) is 10.1 Å². The maximum atomic E-state index is 8.12. The van der Waals surface area contributed by atoms with Crippen LogP contribution < -0.4 is 5.34 Å². The van der Waals surface area contributed by atoms with E-state index in [1.165, 1.54) is 0 Å². The minimum atomic E-state index is 0. The summed E-state index contributed by atoms with van der Waals surface area (Å²) in [4.78, 5) is 8.12. The first-order valence-electron chi connectivity index (χ1n) is 0.408. The molecule has 1 N–H and O–H groups in total. The van der Waals surface area contributed by atoms with E-state index in [9.17, 15) is 0 Å². The average Bonchev–Trinajstić information content (AvgIpc) is 0.918. The molecule has 20 valence electrons. The number of hydrogen-bond acceptors (Lipinski definition) is 2. The molecule has 4 heteroatoms. The Hall–Kier alpha value is 0.0234. The summed E-state index contributed by atoms with van der Waals surface area (Å²) in [6.45, 7) is 0. The molecular weight excluding hydrogens is 111 g/mol. The molecule has 0 fully saturated rings. The monoisotopic (exact) mass is 111 g/mol. The van der Waals surface area contributed by atoms with E-state index in [1.807, 2.05) is 0 Å². The van der Waals surface area contributed by atoms with E-state index < -0.39 is 0 Å². The third-order valence-corrected chi connectivity index (χ3v) is 0. The van der Waals surface area contributed by atoms with Crippen LogP contribution in [0.4, 0.5) is 0 Å². The summed E-state index contributed by atoms with van der Waals surface area (Å²) >= 11 is 0. The minimum absolute atomic E-state index is 0. The van der Waals surface area contributed by atoms with Crippen molar-refractivity contribution in [3.05, 3.63) is 10.1 Å². The zero-order chi connectivity index (χ0) is 2.71. The van der Waals surface area contributed by atoms with Gasteiger partial charge >= 0.3 is 0 Å². The zero-order valence-corrected chi connectivity index (χ0v) is 4.99. The van der Waals surface area contributed by atoms with Crippen molar-refractivity contribution in [1.82, 2.24) is 0 Å². The van der Waals surface area contributed by atoms with Gasteiger partial charge < -0.3 is 0 Å². The summed E-state index contributed by atoms with van der Waals surface area (Å²) in [7, 11) is 0. The molecule has 3 nitrogen and oxygen atoms in total. The second-order valence-corrected chi connectivity index (χ2v) is 0.0833. The Balaban J connectivity index is 0. The quantitative estimate of drug-likeness (QED) is 0.231. The number of nitrogens with one attached hydrogen (secondary N) is 1. The van der Waals surface area contributed by atoms with Gasteiger partial charge in [0.1, 0.15) is 0 Å². The maximum absolute atomic E-state index is 8.12. The summed E-state index contributed by atoms with van der Waals surface area (Å²) in [6.07, 6.45) is 0. The van der Waals surface area contributed by atoms with Gasteiger partial charge in [0.15, 0.2) is 0 Å². The van der Waals surface area contributed by atoms with Gasteiger partial charge in [-0.15, -0.1) is 0 Å². The molecule has 4 heavy (non-hydrogen) atoms. The smallest absolute Gasteiger partial charge is 0.00366 e. The van der Waals surface area contributed by atoms with E-state index in [1.54, 1.807) is 0 Å². The first kappa shape index (κ1) is 8.98. The van der Waals surface area contributed by atoms with Crippen LogP contribution in [-0.4, -0.2) is 0 Å². The van der Waals surface area contributed by atoms with Crippen molar-refractivity contribution in [2.75, 3.05) is 0 Å². The van der Waals surface area contributed by atoms with Gasteiger partial charge in [-0.25, -0.2) is 0 Å². The van der Waals surface area contributed by atoms with Crippen LogP contribution >= 0.6 is 0 Å². The molecule has 0 saturated carbocycles. The molecule has 0 aliphatic heterocycles. The maximum Gasteiger partial charge on any atom is 0.00366 e. The van der Waals surface area contributed by atoms with Gasteiger partial charge in [0.05, 0.1) is 0 Å². The van der Waals surface area contributed by atoms with Crippen LogP contribution in [0.1, 0.15) is 0 Å².